The van der Waals surface area contributed by atoms with Crippen molar-refractivity contribution in [3.63, 3.8) is 0 Å². The van der Waals surface area contributed by atoms with Gasteiger partial charge >= 0.3 is 0 Å². The average Bonchev–Trinajstić information content (AvgIpc) is 2.73. The molecular weight excluding hydrogens is 392 g/mol. The van der Waals surface area contributed by atoms with Crippen LogP contribution in [-0.2, 0) is 5.60 Å². The Kier molecular flexibility index (Phi) is 5.10. The zero-order valence-corrected chi connectivity index (χ0v) is 17.1. The highest BCUT2D eigenvalue weighted by Crippen LogP contribution is 2.37. The van der Waals surface area contributed by atoms with Crippen LogP contribution in [0.5, 0.6) is 11.5 Å². The van der Waals surface area contributed by atoms with Crippen LogP contribution in [0.4, 0.5) is 11.8 Å². The number of aliphatic hydroxyl groups is 1. The van der Waals surface area contributed by atoms with Crippen LogP contribution in [0.1, 0.15) is 18.4 Å². The van der Waals surface area contributed by atoms with E-state index in [4.69, 9.17) is 26.8 Å². The Labute approximate surface area is 174 Å². The number of halogens is 1. The van der Waals surface area contributed by atoms with Gasteiger partial charge in [-0.25, -0.2) is 4.98 Å². The van der Waals surface area contributed by atoms with Crippen LogP contribution in [0, 0.1) is 0 Å². The number of nitrogens with zero attached hydrogens (tertiary/aromatic N) is 3. The lowest BCUT2D eigenvalue weighted by Crippen LogP contribution is -2.43. The molecule has 0 atom stereocenters. The zero-order chi connectivity index (χ0) is 20.6. The molecule has 0 bridgehead atoms. The molecule has 0 saturated carbocycles. The van der Waals surface area contributed by atoms with Gasteiger partial charge in [0, 0.05) is 29.6 Å². The lowest BCUT2D eigenvalue weighted by atomic mass is 9.84. The number of anilines is 2. The molecule has 1 saturated heterocycles. The van der Waals surface area contributed by atoms with Gasteiger partial charge in [-0.2, -0.15) is 4.98 Å². The summed E-state index contributed by atoms with van der Waals surface area (Å²) in [6.07, 6.45) is 1.11. The van der Waals surface area contributed by atoms with E-state index in [1.54, 1.807) is 38.5 Å². The van der Waals surface area contributed by atoms with Crippen molar-refractivity contribution in [2.45, 2.75) is 18.4 Å². The molecule has 1 aliphatic heterocycles. The number of hydrogen-bond donors (Lipinski definition) is 2. The molecule has 0 aliphatic carbocycles. The number of methoxy groups -OCH3 is 2. The summed E-state index contributed by atoms with van der Waals surface area (Å²) in [6.45, 7) is 1.22. The van der Waals surface area contributed by atoms with Crippen LogP contribution in [0.15, 0.2) is 36.4 Å². The molecule has 7 nitrogen and oxygen atoms in total. The Bertz CT molecular complexity index is 1030. The number of benzene rings is 2. The molecule has 1 aliphatic rings. The lowest BCUT2D eigenvalue weighted by molar-refractivity contribution is 0.0115. The second-order valence-corrected chi connectivity index (χ2v) is 7.60. The molecule has 0 spiro atoms. The predicted molar refractivity (Wildman–Crippen MR) is 114 cm³/mol. The normalized spacial score (nSPS) is 16.1. The topological polar surface area (TPSA) is 93.7 Å². The standard InChI is InChI=1S/C21H23ClN4O3/c1-28-17-11-15-16(12-18(17)29-2)24-20(25-19(15)23)26-9-7-21(27,8-10-26)13-3-5-14(22)6-4-13/h3-6,11-12,27H,7-10H2,1-2H3,(H2,23,24,25). The fourth-order valence-electron chi connectivity index (χ4n) is 3.73. The van der Waals surface area contributed by atoms with E-state index in [0.29, 0.717) is 65.1 Å². The summed E-state index contributed by atoms with van der Waals surface area (Å²) in [5.41, 5.74) is 6.87. The van der Waals surface area contributed by atoms with Crippen LogP contribution in [0.2, 0.25) is 5.02 Å². The smallest absolute Gasteiger partial charge is 0.227 e. The van der Waals surface area contributed by atoms with E-state index in [1.807, 2.05) is 17.0 Å². The molecule has 4 rings (SSSR count). The third-order valence-electron chi connectivity index (χ3n) is 5.47. The van der Waals surface area contributed by atoms with Crippen LogP contribution in [0.25, 0.3) is 10.9 Å². The van der Waals surface area contributed by atoms with Crippen molar-refractivity contribution < 1.29 is 14.6 Å². The monoisotopic (exact) mass is 414 g/mol. The van der Waals surface area contributed by atoms with E-state index in [9.17, 15) is 5.11 Å². The van der Waals surface area contributed by atoms with E-state index in [-0.39, 0.29) is 0 Å². The SMILES string of the molecule is COc1cc2nc(N3CCC(O)(c4ccc(Cl)cc4)CC3)nc(N)c2cc1OC. The summed E-state index contributed by atoms with van der Waals surface area (Å²) in [4.78, 5) is 11.2. The zero-order valence-electron chi connectivity index (χ0n) is 16.4. The Morgan fingerprint density at radius 3 is 2.28 bits per heavy atom. The Balaban J connectivity index is 1.60. The molecular formula is C21H23ClN4O3. The number of aromatic nitrogens is 2. The first-order valence-electron chi connectivity index (χ1n) is 9.36. The Morgan fingerprint density at radius 2 is 1.66 bits per heavy atom. The van der Waals surface area contributed by atoms with Crippen LogP contribution < -0.4 is 20.1 Å². The summed E-state index contributed by atoms with van der Waals surface area (Å²) >= 11 is 5.97. The van der Waals surface area contributed by atoms with Gasteiger partial charge in [0.15, 0.2) is 11.5 Å². The fourth-order valence-corrected chi connectivity index (χ4v) is 3.86. The van der Waals surface area contributed by atoms with Gasteiger partial charge in [0.25, 0.3) is 0 Å². The highest BCUT2D eigenvalue weighted by molar-refractivity contribution is 6.30. The molecule has 3 aromatic rings. The van der Waals surface area contributed by atoms with E-state index in [0.717, 1.165) is 5.56 Å². The predicted octanol–water partition coefficient (Wildman–Crippen LogP) is 3.37. The molecule has 0 amide bonds. The molecule has 2 heterocycles. The molecule has 1 fully saturated rings. The lowest BCUT2D eigenvalue weighted by Gasteiger charge is -2.38. The molecule has 3 N–H and O–H groups in total. The molecule has 2 aromatic carbocycles. The number of fused-ring (bicyclic) bond motifs is 1. The Hall–Kier alpha value is -2.77. The van der Waals surface area contributed by atoms with Gasteiger partial charge < -0.3 is 25.2 Å². The van der Waals surface area contributed by atoms with Crippen LogP contribution in [-0.4, -0.2) is 42.4 Å². The number of nitrogen functional groups attached to an aromatic ring is 1. The van der Waals surface area contributed by atoms with Gasteiger partial charge in [-0.15, -0.1) is 0 Å². The average molecular weight is 415 g/mol. The number of hydrogen-bond acceptors (Lipinski definition) is 7. The Morgan fingerprint density at radius 1 is 1.03 bits per heavy atom. The number of rotatable bonds is 4. The maximum absolute atomic E-state index is 11.1. The number of piperidine rings is 1. The second kappa shape index (κ2) is 7.57. The van der Waals surface area contributed by atoms with Crippen molar-refractivity contribution in [2.75, 3.05) is 37.9 Å². The number of nitrogens with two attached hydrogens (primary N) is 1. The maximum atomic E-state index is 11.1. The van der Waals surface area contributed by atoms with Gasteiger partial charge in [0.05, 0.1) is 25.3 Å². The van der Waals surface area contributed by atoms with Crippen molar-refractivity contribution in [1.82, 2.24) is 9.97 Å². The van der Waals surface area contributed by atoms with Gasteiger partial charge in [-0.05, 0) is 36.6 Å². The van der Waals surface area contributed by atoms with E-state index >= 15 is 0 Å². The quantitative estimate of drug-likeness (QED) is 0.675. The van der Waals surface area contributed by atoms with Crippen LogP contribution in [0.3, 0.4) is 0 Å². The van der Waals surface area contributed by atoms with Gasteiger partial charge in [0.1, 0.15) is 5.82 Å². The van der Waals surface area contributed by atoms with Gasteiger partial charge in [0.2, 0.25) is 5.95 Å². The summed E-state index contributed by atoms with van der Waals surface area (Å²) in [5, 5.41) is 12.4. The second-order valence-electron chi connectivity index (χ2n) is 7.16. The summed E-state index contributed by atoms with van der Waals surface area (Å²) in [7, 11) is 3.15. The summed E-state index contributed by atoms with van der Waals surface area (Å²) in [5.74, 6) is 2.08. The minimum absolute atomic E-state index is 0.379. The molecule has 8 heteroatoms. The molecule has 0 unspecified atom stereocenters. The van der Waals surface area contributed by atoms with Crippen molar-refractivity contribution in [1.29, 1.82) is 0 Å². The summed E-state index contributed by atoms with van der Waals surface area (Å²) in [6, 6.07) is 10.9. The van der Waals surface area contributed by atoms with Crippen molar-refractivity contribution >= 4 is 34.3 Å². The largest absolute Gasteiger partial charge is 0.493 e. The molecule has 152 valence electrons. The fraction of sp³-hybridized carbons (Fsp3) is 0.333. The first kappa shape index (κ1) is 19.5. The van der Waals surface area contributed by atoms with E-state index in [2.05, 4.69) is 9.97 Å². The third-order valence-corrected chi connectivity index (χ3v) is 5.73. The minimum atomic E-state index is -0.889. The highest BCUT2D eigenvalue weighted by atomic mass is 35.5. The van der Waals surface area contributed by atoms with Crippen molar-refractivity contribution in [2.24, 2.45) is 0 Å². The minimum Gasteiger partial charge on any atom is -0.493 e. The van der Waals surface area contributed by atoms with Crippen molar-refractivity contribution in [3.8, 4) is 11.5 Å². The van der Waals surface area contributed by atoms with Gasteiger partial charge in [-0.1, -0.05) is 23.7 Å². The molecule has 29 heavy (non-hydrogen) atoms. The third kappa shape index (κ3) is 3.63. The molecule has 1 aromatic heterocycles. The highest BCUT2D eigenvalue weighted by Gasteiger charge is 2.35. The first-order chi connectivity index (χ1) is 13.9. The van der Waals surface area contributed by atoms with E-state index in [1.165, 1.54) is 0 Å². The first-order valence-corrected chi connectivity index (χ1v) is 9.74. The van der Waals surface area contributed by atoms with Crippen molar-refractivity contribution in [3.05, 3.63) is 47.0 Å². The summed E-state index contributed by atoms with van der Waals surface area (Å²) < 4.78 is 10.7. The van der Waals surface area contributed by atoms with Gasteiger partial charge in [-0.3, -0.25) is 0 Å². The molecule has 0 radical (unpaired) electrons. The maximum Gasteiger partial charge on any atom is 0.227 e. The van der Waals surface area contributed by atoms with Crippen LogP contribution >= 0.6 is 11.6 Å². The van der Waals surface area contributed by atoms with E-state index < -0.39 is 5.60 Å². The number of ether oxygens (including phenoxy) is 2.